The van der Waals surface area contributed by atoms with Gasteiger partial charge in [-0.25, -0.2) is 0 Å². The molecule has 1 saturated carbocycles. The van der Waals surface area contributed by atoms with Gasteiger partial charge in [0.05, 0.1) is 18.8 Å². The van der Waals surface area contributed by atoms with E-state index in [9.17, 15) is 5.11 Å². The summed E-state index contributed by atoms with van der Waals surface area (Å²) in [7, 11) is 0. The van der Waals surface area contributed by atoms with Gasteiger partial charge in [0.15, 0.2) is 0 Å². The monoisotopic (exact) mass is 286 g/mol. The topological polar surface area (TPSA) is 44.7 Å². The van der Waals surface area contributed by atoms with Crippen molar-refractivity contribution in [3.63, 3.8) is 0 Å². The first-order valence-corrected chi connectivity index (χ1v) is 8.40. The zero-order valence-corrected chi connectivity index (χ0v) is 13.6. The molecule has 1 aliphatic rings. The first-order chi connectivity index (χ1) is 9.67. The van der Waals surface area contributed by atoms with Crippen molar-refractivity contribution in [3.8, 4) is 0 Å². The summed E-state index contributed by atoms with van der Waals surface area (Å²) in [6, 6.07) is 0. The highest BCUT2D eigenvalue weighted by Crippen LogP contribution is 2.26. The summed E-state index contributed by atoms with van der Waals surface area (Å²) >= 11 is 0. The van der Waals surface area contributed by atoms with Gasteiger partial charge in [-0.2, -0.15) is 0 Å². The van der Waals surface area contributed by atoms with Crippen LogP contribution in [0.4, 0.5) is 0 Å². The Morgan fingerprint density at radius 3 is 2.60 bits per heavy atom. The molecule has 1 rings (SSSR count). The van der Waals surface area contributed by atoms with Crippen LogP contribution in [0.25, 0.3) is 0 Å². The van der Waals surface area contributed by atoms with E-state index in [4.69, 9.17) is 4.74 Å². The second kappa shape index (κ2) is 10.6. The van der Waals surface area contributed by atoms with E-state index in [0.717, 1.165) is 32.6 Å². The van der Waals surface area contributed by atoms with Crippen LogP contribution in [0.15, 0.2) is 0 Å². The average molecular weight is 286 g/mol. The zero-order valence-electron chi connectivity index (χ0n) is 13.6. The second-order valence-electron chi connectivity index (χ2n) is 6.02. The van der Waals surface area contributed by atoms with E-state index in [-0.39, 0.29) is 6.10 Å². The Hall–Kier alpha value is -0.160. The van der Waals surface area contributed by atoms with Crippen LogP contribution in [-0.2, 0) is 4.74 Å². The summed E-state index contributed by atoms with van der Waals surface area (Å²) in [5, 5.41) is 13.3. The predicted molar refractivity (Wildman–Crippen MR) is 84.0 cm³/mol. The second-order valence-corrected chi connectivity index (χ2v) is 6.02. The number of likely N-dealkylation sites (N-methyl/N-ethyl adjacent to an activating group) is 1. The summed E-state index contributed by atoms with van der Waals surface area (Å²) in [6.45, 7) is 11.9. The quantitative estimate of drug-likeness (QED) is 0.602. The van der Waals surface area contributed by atoms with Crippen molar-refractivity contribution in [2.45, 2.75) is 58.7 Å². The minimum Gasteiger partial charge on any atom is -0.389 e. The van der Waals surface area contributed by atoms with Crippen LogP contribution < -0.4 is 5.32 Å². The van der Waals surface area contributed by atoms with E-state index in [1.54, 1.807) is 0 Å². The molecule has 120 valence electrons. The van der Waals surface area contributed by atoms with E-state index in [1.807, 2.05) is 0 Å². The van der Waals surface area contributed by atoms with Crippen molar-refractivity contribution < 1.29 is 9.84 Å². The maximum atomic E-state index is 9.94. The largest absolute Gasteiger partial charge is 0.389 e. The number of aliphatic hydroxyl groups excluding tert-OH is 1. The van der Waals surface area contributed by atoms with Gasteiger partial charge in [-0.15, -0.1) is 0 Å². The van der Waals surface area contributed by atoms with Crippen molar-refractivity contribution in [1.82, 2.24) is 10.2 Å². The molecule has 0 aromatic carbocycles. The van der Waals surface area contributed by atoms with E-state index >= 15 is 0 Å². The summed E-state index contributed by atoms with van der Waals surface area (Å²) in [5.41, 5.74) is 0. The SMILES string of the molecule is CCN(CC)CCNCC(O)COC1CCCCC1C. The zero-order chi connectivity index (χ0) is 14.8. The number of ether oxygens (including phenoxy) is 1. The van der Waals surface area contributed by atoms with Gasteiger partial charge in [-0.3, -0.25) is 0 Å². The van der Waals surface area contributed by atoms with Crippen LogP contribution in [0.3, 0.4) is 0 Å². The van der Waals surface area contributed by atoms with Gasteiger partial charge in [-0.1, -0.05) is 33.6 Å². The molecular formula is C16H34N2O2. The third kappa shape index (κ3) is 7.02. The van der Waals surface area contributed by atoms with E-state index in [2.05, 4.69) is 31.0 Å². The smallest absolute Gasteiger partial charge is 0.0897 e. The van der Waals surface area contributed by atoms with Crippen LogP contribution in [-0.4, -0.2) is 61.5 Å². The normalized spacial score (nSPS) is 25.1. The predicted octanol–water partition coefficient (Wildman–Crippen LogP) is 1.87. The Balaban J connectivity index is 2.03. The number of hydrogen-bond acceptors (Lipinski definition) is 4. The lowest BCUT2D eigenvalue weighted by Crippen LogP contribution is -2.38. The molecule has 0 spiro atoms. The minimum atomic E-state index is -0.388. The van der Waals surface area contributed by atoms with Crippen molar-refractivity contribution in [1.29, 1.82) is 0 Å². The highest BCUT2D eigenvalue weighted by molar-refractivity contribution is 4.73. The Bertz CT molecular complexity index is 235. The molecule has 0 amide bonds. The fraction of sp³-hybridized carbons (Fsp3) is 1.00. The van der Waals surface area contributed by atoms with Gasteiger partial charge in [0.2, 0.25) is 0 Å². The Morgan fingerprint density at radius 2 is 1.95 bits per heavy atom. The van der Waals surface area contributed by atoms with Crippen LogP contribution in [0.5, 0.6) is 0 Å². The lowest BCUT2D eigenvalue weighted by atomic mass is 9.88. The number of nitrogens with one attached hydrogen (secondary N) is 1. The van der Waals surface area contributed by atoms with Crippen LogP contribution in [0, 0.1) is 5.92 Å². The van der Waals surface area contributed by atoms with Crippen molar-refractivity contribution in [2.24, 2.45) is 5.92 Å². The number of nitrogens with zero attached hydrogens (tertiary/aromatic N) is 1. The molecule has 0 radical (unpaired) electrons. The van der Waals surface area contributed by atoms with E-state index < -0.39 is 0 Å². The summed E-state index contributed by atoms with van der Waals surface area (Å²) < 4.78 is 5.88. The van der Waals surface area contributed by atoms with E-state index in [0.29, 0.717) is 25.2 Å². The molecule has 2 N–H and O–H groups in total. The van der Waals surface area contributed by atoms with Crippen LogP contribution in [0.1, 0.15) is 46.5 Å². The minimum absolute atomic E-state index is 0.356. The third-order valence-corrected chi connectivity index (χ3v) is 4.41. The van der Waals surface area contributed by atoms with Crippen molar-refractivity contribution >= 4 is 0 Å². The van der Waals surface area contributed by atoms with Gasteiger partial charge in [0.25, 0.3) is 0 Å². The fourth-order valence-electron chi connectivity index (χ4n) is 2.87. The maximum Gasteiger partial charge on any atom is 0.0897 e. The molecule has 4 nitrogen and oxygen atoms in total. The molecule has 0 aromatic heterocycles. The Kier molecular flexibility index (Phi) is 9.44. The lowest BCUT2D eigenvalue weighted by molar-refractivity contribution is -0.0451. The van der Waals surface area contributed by atoms with E-state index in [1.165, 1.54) is 19.3 Å². The first kappa shape index (κ1) is 17.9. The summed E-state index contributed by atoms with van der Waals surface area (Å²) in [6.07, 6.45) is 4.99. The van der Waals surface area contributed by atoms with Gasteiger partial charge in [-0.05, 0) is 31.8 Å². The fourth-order valence-corrected chi connectivity index (χ4v) is 2.87. The van der Waals surface area contributed by atoms with Gasteiger partial charge < -0.3 is 20.1 Å². The molecule has 3 unspecified atom stereocenters. The number of hydrogen-bond donors (Lipinski definition) is 2. The third-order valence-electron chi connectivity index (χ3n) is 4.41. The molecule has 0 aliphatic heterocycles. The van der Waals surface area contributed by atoms with Gasteiger partial charge >= 0.3 is 0 Å². The summed E-state index contributed by atoms with van der Waals surface area (Å²) in [5.74, 6) is 0.645. The summed E-state index contributed by atoms with van der Waals surface area (Å²) in [4.78, 5) is 2.37. The lowest BCUT2D eigenvalue weighted by Gasteiger charge is -2.29. The molecule has 4 heteroatoms. The molecule has 0 saturated heterocycles. The standard InChI is InChI=1S/C16H34N2O2/c1-4-18(5-2)11-10-17-12-15(19)13-20-16-9-7-6-8-14(16)3/h14-17,19H,4-13H2,1-3H3. The molecule has 1 fully saturated rings. The Labute approximate surface area is 124 Å². The van der Waals surface area contributed by atoms with Crippen molar-refractivity contribution in [2.75, 3.05) is 39.3 Å². The molecular weight excluding hydrogens is 252 g/mol. The number of rotatable bonds is 10. The number of aliphatic hydroxyl groups is 1. The molecule has 0 bridgehead atoms. The molecule has 3 atom stereocenters. The molecule has 1 aliphatic carbocycles. The Morgan fingerprint density at radius 1 is 1.25 bits per heavy atom. The van der Waals surface area contributed by atoms with Crippen LogP contribution >= 0.6 is 0 Å². The van der Waals surface area contributed by atoms with Gasteiger partial charge in [0.1, 0.15) is 0 Å². The van der Waals surface area contributed by atoms with Crippen LogP contribution in [0.2, 0.25) is 0 Å². The first-order valence-electron chi connectivity index (χ1n) is 8.40. The highest BCUT2D eigenvalue weighted by atomic mass is 16.5. The molecule has 0 heterocycles. The molecule has 0 aromatic rings. The van der Waals surface area contributed by atoms with Crippen molar-refractivity contribution in [3.05, 3.63) is 0 Å². The van der Waals surface area contributed by atoms with Gasteiger partial charge in [0, 0.05) is 19.6 Å². The average Bonchev–Trinajstić information content (AvgIpc) is 2.46. The maximum absolute atomic E-state index is 9.94. The highest BCUT2D eigenvalue weighted by Gasteiger charge is 2.22. The molecule has 20 heavy (non-hydrogen) atoms.